The Kier molecular flexibility index (Phi) is 6.64. The molecule has 29 heavy (non-hydrogen) atoms. The number of alkyl carbamates (subject to hydrolysis) is 1. The van der Waals surface area contributed by atoms with Gasteiger partial charge in [0.05, 0.1) is 25.4 Å². The van der Waals surface area contributed by atoms with Crippen LogP contribution in [-0.2, 0) is 16.1 Å². The highest BCUT2D eigenvalue weighted by molar-refractivity contribution is 6.30. The van der Waals surface area contributed by atoms with Crippen LogP contribution in [0.4, 0.5) is 4.79 Å². The summed E-state index contributed by atoms with van der Waals surface area (Å²) in [6.45, 7) is 0.658. The van der Waals surface area contributed by atoms with Gasteiger partial charge >= 0.3 is 6.09 Å². The van der Waals surface area contributed by atoms with Crippen molar-refractivity contribution in [2.75, 3.05) is 20.7 Å². The lowest BCUT2D eigenvalue weighted by Crippen LogP contribution is -3.09. The minimum Gasteiger partial charge on any atom is -0.453 e. The molecule has 1 aromatic heterocycles. The molecule has 0 fully saturated rings. The van der Waals surface area contributed by atoms with Crippen molar-refractivity contribution in [3.63, 3.8) is 0 Å². The number of aromatic nitrogens is 2. The maximum Gasteiger partial charge on any atom is 0.413 e. The molecule has 1 atom stereocenters. The van der Waals surface area contributed by atoms with Crippen LogP contribution in [-0.4, -0.2) is 42.5 Å². The predicted octanol–water partition coefficient (Wildman–Crippen LogP) is 2.09. The van der Waals surface area contributed by atoms with E-state index in [0.717, 1.165) is 27.4 Å². The smallest absolute Gasteiger partial charge is 0.413 e. The molecule has 0 bridgehead atoms. The zero-order valence-electron chi connectivity index (χ0n) is 16.2. The van der Waals surface area contributed by atoms with Gasteiger partial charge in [-0.25, -0.2) is 9.48 Å². The maximum absolute atomic E-state index is 12.0. The molecule has 0 spiro atoms. The van der Waals surface area contributed by atoms with Crippen molar-refractivity contribution in [3.8, 4) is 16.9 Å². The van der Waals surface area contributed by atoms with Gasteiger partial charge in [-0.2, -0.15) is 5.10 Å². The molecule has 0 radical (unpaired) electrons. The molecule has 3 rings (SSSR count). The average molecular weight is 414 g/mol. The molecule has 150 valence electrons. The Morgan fingerprint density at radius 2 is 1.83 bits per heavy atom. The number of carbonyl (C=O) groups excluding carboxylic acids is 2. The topological polar surface area (TPSA) is 77.7 Å². The van der Waals surface area contributed by atoms with Gasteiger partial charge in [0.25, 0.3) is 5.91 Å². The highest BCUT2D eigenvalue weighted by Gasteiger charge is 2.19. The van der Waals surface area contributed by atoms with Crippen molar-refractivity contribution in [2.24, 2.45) is 0 Å². The third-order valence-electron chi connectivity index (χ3n) is 4.31. The second-order valence-electron chi connectivity index (χ2n) is 6.64. The first kappa shape index (κ1) is 20.6. The van der Waals surface area contributed by atoms with E-state index in [0.29, 0.717) is 11.6 Å². The number of methoxy groups -OCH3 is 1. The van der Waals surface area contributed by atoms with Crippen LogP contribution < -0.4 is 10.2 Å². The Morgan fingerprint density at radius 1 is 1.14 bits per heavy atom. The molecule has 2 aromatic carbocycles. The van der Waals surface area contributed by atoms with Gasteiger partial charge in [-0.1, -0.05) is 41.9 Å². The summed E-state index contributed by atoms with van der Waals surface area (Å²) >= 11 is 6.02. The average Bonchev–Trinajstić information content (AvgIpc) is 3.12. The predicted molar refractivity (Wildman–Crippen MR) is 110 cm³/mol. The number of benzene rings is 2. The van der Waals surface area contributed by atoms with Crippen LogP contribution in [0.2, 0.25) is 5.02 Å². The van der Waals surface area contributed by atoms with Crippen LogP contribution >= 0.6 is 11.6 Å². The minimum absolute atomic E-state index is 0.117. The number of likely N-dealkylation sites (N-methyl/N-ethyl adjacent to an activating group) is 1. The van der Waals surface area contributed by atoms with Crippen molar-refractivity contribution in [2.45, 2.75) is 6.54 Å². The van der Waals surface area contributed by atoms with E-state index < -0.39 is 12.0 Å². The fourth-order valence-electron chi connectivity index (χ4n) is 2.97. The molecule has 1 heterocycles. The van der Waals surface area contributed by atoms with E-state index in [2.05, 4.69) is 10.1 Å². The van der Waals surface area contributed by atoms with Crippen LogP contribution in [0.5, 0.6) is 0 Å². The molecule has 0 aliphatic rings. The monoisotopic (exact) mass is 413 g/mol. The number of nitrogens with one attached hydrogen (secondary N) is 2. The van der Waals surface area contributed by atoms with E-state index in [9.17, 15) is 9.59 Å². The Bertz CT molecular complexity index is 987. The summed E-state index contributed by atoms with van der Waals surface area (Å²) < 4.78 is 6.28. The number of hydrogen-bond donors (Lipinski definition) is 2. The molecule has 0 aliphatic heterocycles. The Hall–Kier alpha value is -3.16. The fraction of sp³-hybridized carbons (Fsp3) is 0.190. The number of imide groups is 1. The summed E-state index contributed by atoms with van der Waals surface area (Å²) in [5, 5.41) is 7.59. The first-order valence-electron chi connectivity index (χ1n) is 9.05. The lowest BCUT2D eigenvalue weighted by atomic mass is 10.1. The third kappa shape index (κ3) is 5.43. The Morgan fingerprint density at radius 3 is 2.48 bits per heavy atom. The molecule has 2 N–H and O–H groups in total. The number of halogens is 1. The SMILES string of the molecule is COC(=O)NC(=O)C[NH+](C)Cc1cn(-c2ccccc2)nc1-c1ccc(Cl)cc1. The largest absolute Gasteiger partial charge is 0.453 e. The van der Waals surface area contributed by atoms with Gasteiger partial charge in [0.15, 0.2) is 6.54 Å². The van der Waals surface area contributed by atoms with Crippen molar-refractivity contribution >= 4 is 23.6 Å². The molecule has 0 aliphatic carbocycles. The number of ether oxygens (including phenoxy) is 1. The van der Waals surface area contributed by atoms with E-state index in [1.165, 1.54) is 7.11 Å². The summed E-state index contributed by atoms with van der Waals surface area (Å²) in [5.74, 6) is -0.405. The first-order chi connectivity index (χ1) is 14.0. The fourth-order valence-corrected chi connectivity index (χ4v) is 3.10. The number of rotatable bonds is 6. The van der Waals surface area contributed by atoms with Crippen LogP contribution in [0.1, 0.15) is 5.56 Å². The molecule has 8 heteroatoms. The lowest BCUT2D eigenvalue weighted by molar-refractivity contribution is -0.885. The van der Waals surface area contributed by atoms with Gasteiger partial charge in [-0.15, -0.1) is 0 Å². The highest BCUT2D eigenvalue weighted by Crippen LogP contribution is 2.24. The van der Waals surface area contributed by atoms with Gasteiger partial charge in [0, 0.05) is 16.8 Å². The second kappa shape index (κ2) is 9.36. The van der Waals surface area contributed by atoms with Crippen molar-refractivity contribution in [3.05, 3.63) is 71.4 Å². The summed E-state index contributed by atoms with van der Waals surface area (Å²) in [6, 6.07) is 17.3. The molecule has 3 aromatic rings. The number of carbonyl (C=O) groups is 2. The zero-order chi connectivity index (χ0) is 20.8. The highest BCUT2D eigenvalue weighted by atomic mass is 35.5. The number of para-hydroxylation sites is 1. The van der Waals surface area contributed by atoms with Crippen LogP contribution in [0.15, 0.2) is 60.8 Å². The van der Waals surface area contributed by atoms with E-state index in [1.54, 1.807) is 0 Å². The molecule has 0 saturated heterocycles. The molecular formula is C21H22ClN4O3+. The number of hydrogen-bond acceptors (Lipinski definition) is 4. The summed E-state index contributed by atoms with van der Waals surface area (Å²) in [4.78, 5) is 24.1. The molecule has 1 unspecified atom stereocenters. The molecule has 7 nitrogen and oxygen atoms in total. The summed E-state index contributed by atoms with van der Waals surface area (Å²) in [5.41, 5.74) is 3.67. The third-order valence-corrected chi connectivity index (χ3v) is 4.56. The molecule has 2 amide bonds. The standard InChI is InChI=1S/C21H21ClN4O3/c1-25(14-19(27)23-21(28)29-2)12-16-13-26(18-6-4-3-5-7-18)24-20(16)15-8-10-17(22)11-9-15/h3-11,13H,12,14H2,1-2H3,(H,23,27,28)/p+1. The van der Waals surface area contributed by atoms with E-state index >= 15 is 0 Å². The van der Waals surface area contributed by atoms with Gasteiger partial charge in [0.2, 0.25) is 0 Å². The quantitative estimate of drug-likeness (QED) is 0.648. The first-order valence-corrected chi connectivity index (χ1v) is 9.43. The van der Waals surface area contributed by atoms with E-state index in [1.807, 2.05) is 72.5 Å². The lowest BCUT2D eigenvalue weighted by Gasteiger charge is -2.13. The minimum atomic E-state index is -0.762. The van der Waals surface area contributed by atoms with Gasteiger partial charge in [-0.3, -0.25) is 10.1 Å². The van der Waals surface area contributed by atoms with E-state index in [4.69, 9.17) is 16.7 Å². The van der Waals surface area contributed by atoms with Crippen LogP contribution in [0.3, 0.4) is 0 Å². The summed E-state index contributed by atoms with van der Waals surface area (Å²) in [7, 11) is 3.10. The number of quaternary nitrogens is 1. The number of amides is 2. The van der Waals surface area contributed by atoms with Crippen LogP contribution in [0.25, 0.3) is 16.9 Å². The summed E-state index contributed by atoms with van der Waals surface area (Å²) in [6.07, 6.45) is 1.20. The number of nitrogens with zero attached hydrogens (tertiary/aromatic N) is 2. The normalized spacial score (nSPS) is 11.7. The van der Waals surface area contributed by atoms with E-state index in [-0.39, 0.29) is 6.54 Å². The van der Waals surface area contributed by atoms with Crippen molar-refractivity contribution in [1.82, 2.24) is 15.1 Å². The van der Waals surface area contributed by atoms with Gasteiger partial charge in [-0.05, 0) is 24.3 Å². The zero-order valence-corrected chi connectivity index (χ0v) is 16.9. The Balaban J connectivity index is 1.86. The van der Waals surface area contributed by atoms with Gasteiger partial charge < -0.3 is 9.64 Å². The maximum atomic E-state index is 12.0. The van der Waals surface area contributed by atoms with Crippen LogP contribution in [0, 0.1) is 0 Å². The molecule has 0 saturated carbocycles. The van der Waals surface area contributed by atoms with Crippen molar-refractivity contribution < 1.29 is 19.2 Å². The Labute approximate surface area is 173 Å². The second-order valence-corrected chi connectivity index (χ2v) is 7.08. The molecular weight excluding hydrogens is 392 g/mol. The van der Waals surface area contributed by atoms with Gasteiger partial charge in [0.1, 0.15) is 12.2 Å². The van der Waals surface area contributed by atoms with Crippen molar-refractivity contribution in [1.29, 1.82) is 0 Å².